The fraction of sp³-hybridized carbons (Fsp3) is 0.200. The fourth-order valence-corrected chi connectivity index (χ4v) is 4.11. The molecule has 1 atom stereocenters. The molecule has 2 aromatic carbocycles. The summed E-state index contributed by atoms with van der Waals surface area (Å²) in [5.74, 6) is 11.9. The lowest BCUT2D eigenvalue weighted by Crippen LogP contribution is -2.28. The predicted molar refractivity (Wildman–Crippen MR) is 123 cm³/mol. The largest absolute Gasteiger partial charge is 0.383 e. The van der Waals surface area contributed by atoms with Gasteiger partial charge in [-0.2, -0.15) is 5.10 Å². The minimum absolute atomic E-state index is 0.0255. The number of hydrogen-bond acceptors (Lipinski definition) is 5. The van der Waals surface area contributed by atoms with Crippen LogP contribution in [0.5, 0.6) is 0 Å². The van der Waals surface area contributed by atoms with Gasteiger partial charge in [0.15, 0.2) is 5.65 Å². The molecule has 0 aliphatic carbocycles. The van der Waals surface area contributed by atoms with E-state index in [4.69, 9.17) is 10.8 Å². The van der Waals surface area contributed by atoms with Crippen molar-refractivity contribution >= 4 is 33.5 Å². The molecular weight excluding hydrogens is 400 g/mol. The summed E-state index contributed by atoms with van der Waals surface area (Å²) in [6.45, 7) is 2.80. The van der Waals surface area contributed by atoms with Gasteiger partial charge >= 0.3 is 0 Å². The number of hydrogen-bond donors (Lipinski definition) is 1. The van der Waals surface area contributed by atoms with Crippen molar-refractivity contribution in [3.8, 4) is 23.7 Å². The molecule has 7 heteroatoms. The molecule has 2 aromatic heterocycles. The third-order valence-electron chi connectivity index (χ3n) is 5.65. The van der Waals surface area contributed by atoms with Crippen molar-refractivity contribution in [2.75, 3.05) is 18.8 Å². The molecule has 32 heavy (non-hydrogen) atoms. The fourth-order valence-electron chi connectivity index (χ4n) is 4.11. The zero-order valence-electron chi connectivity index (χ0n) is 17.5. The van der Waals surface area contributed by atoms with E-state index in [1.807, 2.05) is 28.9 Å². The molecule has 1 fully saturated rings. The smallest absolute Gasteiger partial charge is 0.298 e. The highest BCUT2D eigenvalue weighted by Gasteiger charge is 2.29. The summed E-state index contributed by atoms with van der Waals surface area (Å²) in [7, 11) is 0. The normalized spacial score (nSPS) is 15.3. The van der Waals surface area contributed by atoms with Gasteiger partial charge in [0.25, 0.3) is 5.91 Å². The van der Waals surface area contributed by atoms with Crippen molar-refractivity contribution in [1.29, 1.82) is 0 Å². The average Bonchev–Trinajstić information content (AvgIpc) is 3.44. The second-order valence-electron chi connectivity index (χ2n) is 7.60. The summed E-state index contributed by atoms with van der Waals surface area (Å²) in [6, 6.07) is 14.1. The maximum atomic E-state index is 12.2. The van der Waals surface area contributed by atoms with Crippen LogP contribution in [-0.4, -0.2) is 43.6 Å². The van der Waals surface area contributed by atoms with Crippen LogP contribution in [0.3, 0.4) is 0 Å². The Morgan fingerprint density at radius 2 is 1.97 bits per heavy atom. The molecule has 1 unspecified atom stereocenters. The van der Waals surface area contributed by atoms with E-state index >= 15 is 0 Å². The van der Waals surface area contributed by atoms with Crippen LogP contribution >= 0.6 is 0 Å². The third-order valence-corrected chi connectivity index (χ3v) is 5.65. The van der Waals surface area contributed by atoms with Crippen LogP contribution in [0.2, 0.25) is 0 Å². The van der Waals surface area contributed by atoms with Crippen LogP contribution in [0.25, 0.3) is 21.8 Å². The first kappa shape index (κ1) is 19.6. The van der Waals surface area contributed by atoms with Gasteiger partial charge in [-0.15, -0.1) is 0 Å². The molecule has 0 spiro atoms. The maximum Gasteiger partial charge on any atom is 0.298 e. The maximum absolute atomic E-state index is 12.2. The second kappa shape index (κ2) is 8.05. The lowest BCUT2D eigenvalue weighted by Gasteiger charge is -2.13. The zero-order valence-corrected chi connectivity index (χ0v) is 17.5. The van der Waals surface area contributed by atoms with E-state index in [0.29, 0.717) is 35.6 Å². The van der Waals surface area contributed by atoms with Gasteiger partial charge in [-0.05, 0) is 42.0 Å². The van der Waals surface area contributed by atoms with Crippen LogP contribution in [-0.2, 0) is 4.79 Å². The number of fused-ring (bicyclic) bond motifs is 2. The van der Waals surface area contributed by atoms with Crippen molar-refractivity contribution in [3.63, 3.8) is 0 Å². The number of carbonyl (C=O) groups excluding carboxylic acids is 1. The van der Waals surface area contributed by atoms with Gasteiger partial charge in [0.2, 0.25) is 0 Å². The van der Waals surface area contributed by atoms with E-state index in [1.54, 1.807) is 11.8 Å². The minimum Gasteiger partial charge on any atom is -0.383 e. The van der Waals surface area contributed by atoms with Crippen molar-refractivity contribution < 1.29 is 4.79 Å². The summed E-state index contributed by atoms with van der Waals surface area (Å²) >= 11 is 0. The topological polar surface area (TPSA) is 89.9 Å². The summed E-state index contributed by atoms with van der Waals surface area (Å²) in [5, 5.41) is 7.60. The molecule has 0 radical (unpaired) electrons. The number of nitrogens with zero attached hydrogens (tertiary/aromatic N) is 5. The van der Waals surface area contributed by atoms with Crippen LogP contribution in [0, 0.1) is 23.7 Å². The van der Waals surface area contributed by atoms with Crippen LogP contribution in [0.4, 0.5) is 5.82 Å². The van der Waals surface area contributed by atoms with E-state index in [2.05, 4.69) is 51.8 Å². The Morgan fingerprint density at radius 1 is 1.12 bits per heavy atom. The second-order valence-corrected chi connectivity index (χ2v) is 7.60. The summed E-state index contributed by atoms with van der Waals surface area (Å²) < 4.78 is 1.83. The molecule has 5 rings (SSSR count). The third kappa shape index (κ3) is 3.40. The summed E-state index contributed by atoms with van der Waals surface area (Å²) in [5.41, 5.74) is 8.26. The SMILES string of the molecule is CC#CC(=O)N1CCC(n2nc(C#Cc3cccc4ccccc34)c3c(N)ncnc32)C1. The lowest BCUT2D eigenvalue weighted by atomic mass is 10.0. The molecular formula is C25H20N6O. The molecule has 2 N–H and O–H groups in total. The Kier molecular flexibility index (Phi) is 4.93. The quantitative estimate of drug-likeness (QED) is 0.478. The van der Waals surface area contributed by atoms with Crippen LogP contribution in [0.1, 0.15) is 30.6 Å². The first-order chi connectivity index (χ1) is 15.7. The van der Waals surface area contributed by atoms with Crippen molar-refractivity contribution in [3.05, 3.63) is 60.0 Å². The molecule has 156 valence electrons. The Hall–Kier alpha value is -4.36. The van der Waals surface area contributed by atoms with Gasteiger partial charge in [0.05, 0.1) is 11.4 Å². The van der Waals surface area contributed by atoms with E-state index in [-0.39, 0.29) is 11.9 Å². The molecule has 1 aliphatic heterocycles. The highest BCUT2D eigenvalue weighted by molar-refractivity contribution is 5.94. The predicted octanol–water partition coefficient (Wildman–Crippen LogP) is 2.76. The van der Waals surface area contributed by atoms with Gasteiger partial charge in [-0.1, -0.05) is 48.2 Å². The molecule has 1 amide bonds. The summed E-state index contributed by atoms with van der Waals surface area (Å²) in [6.07, 6.45) is 2.19. The number of nitrogen functional groups attached to an aromatic ring is 1. The Morgan fingerprint density at radius 3 is 2.84 bits per heavy atom. The van der Waals surface area contributed by atoms with E-state index in [0.717, 1.165) is 22.8 Å². The molecule has 7 nitrogen and oxygen atoms in total. The number of nitrogens with two attached hydrogens (primary N) is 1. The standard InChI is InChI=1S/C25H20N6O/c1-2-6-22(32)30-14-13-19(15-30)31-25-23(24(26)27-16-28-25)21(29-31)12-11-18-9-5-8-17-7-3-4-10-20(17)18/h3-5,7-10,16,19H,13-15H2,1H3,(H2,26,27,28). The number of carbonyl (C=O) groups is 1. The first-order valence-corrected chi connectivity index (χ1v) is 10.4. The van der Waals surface area contributed by atoms with E-state index in [9.17, 15) is 4.79 Å². The van der Waals surface area contributed by atoms with E-state index in [1.165, 1.54) is 6.33 Å². The number of anilines is 1. The van der Waals surface area contributed by atoms with Crippen molar-refractivity contribution in [2.24, 2.45) is 0 Å². The lowest BCUT2D eigenvalue weighted by molar-refractivity contribution is -0.124. The molecule has 0 saturated carbocycles. The van der Waals surface area contributed by atoms with Crippen LogP contribution < -0.4 is 5.73 Å². The average molecular weight is 420 g/mol. The number of rotatable bonds is 1. The highest BCUT2D eigenvalue weighted by atomic mass is 16.2. The molecule has 1 saturated heterocycles. The molecule has 0 bridgehead atoms. The number of likely N-dealkylation sites (tertiary alicyclic amines) is 1. The molecule has 3 heterocycles. The highest BCUT2D eigenvalue weighted by Crippen LogP contribution is 2.28. The first-order valence-electron chi connectivity index (χ1n) is 10.4. The number of aromatic nitrogens is 4. The Balaban J connectivity index is 1.57. The van der Waals surface area contributed by atoms with Gasteiger partial charge < -0.3 is 10.6 Å². The van der Waals surface area contributed by atoms with Gasteiger partial charge in [-0.3, -0.25) is 4.79 Å². The van der Waals surface area contributed by atoms with Crippen molar-refractivity contribution in [1.82, 2.24) is 24.6 Å². The monoisotopic (exact) mass is 420 g/mol. The van der Waals surface area contributed by atoms with Gasteiger partial charge in [0, 0.05) is 18.7 Å². The van der Waals surface area contributed by atoms with Gasteiger partial charge in [0.1, 0.15) is 17.8 Å². The molecule has 1 aliphatic rings. The number of benzene rings is 2. The summed E-state index contributed by atoms with van der Waals surface area (Å²) in [4.78, 5) is 22.5. The Bertz CT molecular complexity index is 1480. The van der Waals surface area contributed by atoms with E-state index < -0.39 is 0 Å². The Labute approximate surface area is 185 Å². The van der Waals surface area contributed by atoms with Gasteiger partial charge in [-0.25, -0.2) is 14.6 Å². The molecule has 4 aromatic rings. The number of amides is 1. The minimum atomic E-state index is -0.170. The van der Waals surface area contributed by atoms with Crippen LogP contribution in [0.15, 0.2) is 48.8 Å². The zero-order chi connectivity index (χ0) is 22.1. The van der Waals surface area contributed by atoms with Crippen molar-refractivity contribution in [2.45, 2.75) is 19.4 Å².